The smallest absolute Gasteiger partial charge is 0.232 e. The molecule has 0 saturated heterocycles. The zero-order valence-corrected chi connectivity index (χ0v) is 8.03. The van der Waals surface area contributed by atoms with Gasteiger partial charge in [0.25, 0.3) is 0 Å². The van der Waals surface area contributed by atoms with Crippen molar-refractivity contribution in [3.63, 3.8) is 0 Å². The van der Waals surface area contributed by atoms with Gasteiger partial charge in [-0.2, -0.15) is 0 Å². The Bertz CT molecular complexity index is 265. The summed E-state index contributed by atoms with van der Waals surface area (Å²) < 4.78 is 4.96. The molecule has 1 heterocycles. The van der Waals surface area contributed by atoms with E-state index in [1.54, 1.807) is 19.5 Å². The van der Waals surface area contributed by atoms with Crippen LogP contribution in [0.15, 0.2) is 12.4 Å². The van der Waals surface area contributed by atoms with Crippen LogP contribution in [0.5, 0.6) is 5.88 Å². The third-order valence-electron chi connectivity index (χ3n) is 1.87. The van der Waals surface area contributed by atoms with Crippen LogP contribution in [-0.4, -0.2) is 23.1 Å². The molecule has 4 heteroatoms. The molecular formula is C9H15N3O. The van der Waals surface area contributed by atoms with E-state index in [0.717, 1.165) is 18.5 Å². The van der Waals surface area contributed by atoms with Gasteiger partial charge in [-0.3, -0.25) is 4.98 Å². The average molecular weight is 181 g/mol. The first-order valence-electron chi connectivity index (χ1n) is 4.36. The predicted octanol–water partition coefficient (Wildman–Crippen LogP) is 0.765. The fourth-order valence-electron chi connectivity index (χ4n) is 0.996. The minimum Gasteiger partial charge on any atom is -0.480 e. The predicted molar refractivity (Wildman–Crippen MR) is 50.6 cm³/mol. The SMILES string of the molecule is CCC(N)Cc1cncc(OC)n1. The third kappa shape index (κ3) is 2.99. The van der Waals surface area contributed by atoms with Gasteiger partial charge in [0.2, 0.25) is 5.88 Å². The Hall–Kier alpha value is -1.16. The number of hydrogen-bond donors (Lipinski definition) is 1. The number of rotatable bonds is 4. The number of ether oxygens (including phenoxy) is 1. The van der Waals surface area contributed by atoms with E-state index in [9.17, 15) is 0 Å². The number of aromatic nitrogens is 2. The van der Waals surface area contributed by atoms with Crippen LogP contribution >= 0.6 is 0 Å². The molecule has 1 unspecified atom stereocenters. The maximum Gasteiger partial charge on any atom is 0.232 e. The lowest BCUT2D eigenvalue weighted by atomic mass is 10.1. The van der Waals surface area contributed by atoms with Crippen LogP contribution in [0.1, 0.15) is 19.0 Å². The fourth-order valence-corrected chi connectivity index (χ4v) is 0.996. The van der Waals surface area contributed by atoms with Gasteiger partial charge in [0.05, 0.1) is 19.0 Å². The third-order valence-corrected chi connectivity index (χ3v) is 1.87. The number of hydrogen-bond acceptors (Lipinski definition) is 4. The summed E-state index contributed by atoms with van der Waals surface area (Å²) >= 11 is 0. The van der Waals surface area contributed by atoms with Crippen molar-refractivity contribution in [1.82, 2.24) is 9.97 Å². The summed E-state index contributed by atoms with van der Waals surface area (Å²) in [6.45, 7) is 2.05. The lowest BCUT2D eigenvalue weighted by Crippen LogP contribution is -2.22. The van der Waals surface area contributed by atoms with E-state index in [2.05, 4.69) is 16.9 Å². The van der Waals surface area contributed by atoms with Crippen LogP contribution in [0, 0.1) is 0 Å². The summed E-state index contributed by atoms with van der Waals surface area (Å²) in [5.74, 6) is 0.542. The first kappa shape index (κ1) is 9.92. The molecule has 0 bridgehead atoms. The number of methoxy groups -OCH3 is 1. The van der Waals surface area contributed by atoms with Crippen LogP contribution in [0.25, 0.3) is 0 Å². The van der Waals surface area contributed by atoms with E-state index in [-0.39, 0.29) is 6.04 Å². The molecule has 0 radical (unpaired) electrons. The van der Waals surface area contributed by atoms with E-state index in [0.29, 0.717) is 5.88 Å². The topological polar surface area (TPSA) is 61.0 Å². The highest BCUT2D eigenvalue weighted by Crippen LogP contribution is 2.06. The van der Waals surface area contributed by atoms with E-state index in [4.69, 9.17) is 10.5 Å². The highest BCUT2D eigenvalue weighted by Gasteiger charge is 2.03. The molecule has 0 aromatic carbocycles. The van der Waals surface area contributed by atoms with Crippen molar-refractivity contribution >= 4 is 0 Å². The second-order valence-corrected chi connectivity index (χ2v) is 2.93. The lowest BCUT2D eigenvalue weighted by molar-refractivity contribution is 0.393. The monoisotopic (exact) mass is 181 g/mol. The van der Waals surface area contributed by atoms with Crippen molar-refractivity contribution < 1.29 is 4.74 Å². The molecule has 4 nitrogen and oxygen atoms in total. The second-order valence-electron chi connectivity index (χ2n) is 2.93. The van der Waals surface area contributed by atoms with Gasteiger partial charge in [0.1, 0.15) is 0 Å². The summed E-state index contributed by atoms with van der Waals surface area (Å²) in [4.78, 5) is 8.21. The largest absolute Gasteiger partial charge is 0.480 e. The van der Waals surface area contributed by atoms with Crippen LogP contribution in [0.3, 0.4) is 0 Å². The molecule has 0 aliphatic heterocycles. The molecule has 1 atom stereocenters. The molecule has 0 aliphatic rings. The Labute approximate surface area is 78.1 Å². The van der Waals surface area contributed by atoms with E-state index in [1.165, 1.54) is 0 Å². The zero-order valence-electron chi connectivity index (χ0n) is 8.03. The van der Waals surface area contributed by atoms with Crippen LogP contribution in [0.2, 0.25) is 0 Å². The number of nitrogens with zero attached hydrogens (tertiary/aromatic N) is 2. The van der Waals surface area contributed by atoms with Gasteiger partial charge >= 0.3 is 0 Å². The average Bonchev–Trinajstić information content (AvgIpc) is 2.18. The molecule has 0 saturated carbocycles. The van der Waals surface area contributed by atoms with Gasteiger partial charge in [-0.05, 0) is 6.42 Å². The standard InChI is InChI=1S/C9H15N3O/c1-3-7(10)4-8-5-11-6-9(12-8)13-2/h5-7H,3-4,10H2,1-2H3. The molecule has 2 N–H and O–H groups in total. The van der Waals surface area contributed by atoms with Gasteiger partial charge in [0, 0.05) is 18.7 Å². The molecule has 0 amide bonds. The van der Waals surface area contributed by atoms with Crippen molar-refractivity contribution in [1.29, 1.82) is 0 Å². The van der Waals surface area contributed by atoms with E-state index in [1.807, 2.05) is 0 Å². The summed E-state index contributed by atoms with van der Waals surface area (Å²) in [7, 11) is 1.58. The minimum atomic E-state index is 0.154. The molecule has 0 spiro atoms. The van der Waals surface area contributed by atoms with E-state index >= 15 is 0 Å². The van der Waals surface area contributed by atoms with Crippen molar-refractivity contribution in [2.75, 3.05) is 7.11 Å². The second kappa shape index (κ2) is 4.77. The molecule has 72 valence electrons. The summed E-state index contributed by atoms with van der Waals surface area (Å²) in [5.41, 5.74) is 6.67. The van der Waals surface area contributed by atoms with Crippen LogP contribution in [0.4, 0.5) is 0 Å². The molecule has 1 aromatic heterocycles. The Morgan fingerprint density at radius 1 is 1.54 bits per heavy atom. The van der Waals surface area contributed by atoms with Crippen molar-refractivity contribution in [2.24, 2.45) is 5.73 Å². The lowest BCUT2D eigenvalue weighted by Gasteiger charge is -2.07. The Morgan fingerprint density at radius 2 is 2.31 bits per heavy atom. The van der Waals surface area contributed by atoms with Gasteiger partial charge in [-0.1, -0.05) is 6.92 Å². The summed E-state index contributed by atoms with van der Waals surface area (Å²) in [6.07, 6.45) is 5.00. The Morgan fingerprint density at radius 3 is 2.92 bits per heavy atom. The first-order valence-corrected chi connectivity index (χ1v) is 4.36. The number of nitrogens with two attached hydrogens (primary N) is 1. The van der Waals surface area contributed by atoms with Crippen LogP contribution < -0.4 is 10.5 Å². The Balaban J connectivity index is 2.66. The van der Waals surface area contributed by atoms with Crippen molar-refractivity contribution in [3.05, 3.63) is 18.1 Å². The summed E-state index contributed by atoms with van der Waals surface area (Å²) in [6, 6.07) is 0.154. The van der Waals surface area contributed by atoms with Gasteiger partial charge in [-0.15, -0.1) is 0 Å². The highest BCUT2D eigenvalue weighted by molar-refractivity contribution is 5.08. The molecule has 1 rings (SSSR count). The first-order chi connectivity index (χ1) is 6.26. The molecule has 0 aliphatic carbocycles. The van der Waals surface area contributed by atoms with Gasteiger partial charge < -0.3 is 10.5 Å². The van der Waals surface area contributed by atoms with Crippen molar-refractivity contribution in [3.8, 4) is 5.88 Å². The Kier molecular flexibility index (Phi) is 3.64. The maximum atomic E-state index is 5.79. The molecule has 0 fully saturated rings. The maximum absolute atomic E-state index is 5.79. The minimum absolute atomic E-state index is 0.154. The van der Waals surface area contributed by atoms with E-state index < -0.39 is 0 Å². The molecule has 1 aromatic rings. The normalized spacial score (nSPS) is 12.5. The molecular weight excluding hydrogens is 166 g/mol. The summed E-state index contributed by atoms with van der Waals surface area (Å²) in [5, 5.41) is 0. The van der Waals surface area contributed by atoms with Crippen molar-refractivity contribution in [2.45, 2.75) is 25.8 Å². The fraction of sp³-hybridized carbons (Fsp3) is 0.556. The molecule has 13 heavy (non-hydrogen) atoms. The zero-order chi connectivity index (χ0) is 9.68. The van der Waals surface area contributed by atoms with Gasteiger partial charge in [0.15, 0.2) is 0 Å². The van der Waals surface area contributed by atoms with Crippen LogP contribution in [-0.2, 0) is 6.42 Å². The van der Waals surface area contributed by atoms with Gasteiger partial charge in [-0.25, -0.2) is 4.98 Å². The quantitative estimate of drug-likeness (QED) is 0.745. The highest BCUT2D eigenvalue weighted by atomic mass is 16.5.